The number of rotatable bonds is 1. The number of halogens is 2. The SMILES string of the molecule is COC(=O)c1cc(N)ccc1Br.Cl. The average molecular weight is 267 g/mol. The van der Waals surface area contributed by atoms with Crippen LogP contribution in [0.15, 0.2) is 22.7 Å². The Morgan fingerprint density at radius 2 is 2.15 bits per heavy atom. The van der Waals surface area contributed by atoms with Crippen LogP contribution >= 0.6 is 28.3 Å². The van der Waals surface area contributed by atoms with Gasteiger partial charge in [-0.15, -0.1) is 12.4 Å². The van der Waals surface area contributed by atoms with Crippen LogP contribution < -0.4 is 5.73 Å². The summed E-state index contributed by atoms with van der Waals surface area (Å²) in [6, 6.07) is 4.98. The number of nitrogens with two attached hydrogens (primary N) is 1. The molecule has 0 aromatic heterocycles. The van der Waals surface area contributed by atoms with Crippen LogP contribution in [-0.2, 0) is 4.74 Å². The molecule has 0 unspecified atom stereocenters. The molecule has 0 spiro atoms. The summed E-state index contributed by atoms with van der Waals surface area (Å²) in [6.45, 7) is 0. The number of nitrogen functional groups attached to an aromatic ring is 1. The van der Waals surface area contributed by atoms with E-state index in [-0.39, 0.29) is 12.4 Å². The van der Waals surface area contributed by atoms with Crippen molar-refractivity contribution in [2.24, 2.45) is 0 Å². The summed E-state index contributed by atoms with van der Waals surface area (Å²) in [5, 5.41) is 0. The van der Waals surface area contributed by atoms with Crippen molar-refractivity contribution in [3.63, 3.8) is 0 Å². The molecular weight excluding hydrogens is 257 g/mol. The zero-order chi connectivity index (χ0) is 9.14. The van der Waals surface area contributed by atoms with E-state index >= 15 is 0 Å². The smallest absolute Gasteiger partial charge is 0.339 e. The first-order valence-electron chi connectivity index (χ1n) is 3.28. The first kappa shape index (κ1) is 12.3. The normalized spacial score (nSPS) is 8.77. The molecule has 1 aromatic rings. The fourth-order valence-electron chi connectivity index (χ4n) is 0.809. The average Bonchev–Trinajstić information content (AvgIpc) is 2.08. The van der Waals surface area contributed by atoms with E-state index in [2.05, 4.69) is 20.7 Å². The molecule has 72 valence electrons. The first-order chi connectivity index (χ1) is 5.65. The molecule has 0 aliphatic carbocycles. The van der Waals surface area contributed by atoms with Gasteiger partial charge in [-0.2, -0.15) is 0 Å². The number of carbonyl (C=O) groups is 1. The molecular formula is C8H9BrClNO2. The lowest BCUT2D eigenvalue weighted by Crippen LogP contribution is -2.02. The van der Waals surface area contributed by atoms with E-state index in [4.69, 9.17) is 5.73 Å². The first-order valence-corrected chi connectivity index (χ1v) is 4.08. The maximum atomic E-state index is 11.1. The van der Waals surface area contributed by atoms with Crippen LogP contribution in [0.25, 0.3) is 0 Å². The molecule has 0 radical (unpaired) electrons. The van der Waals surface area contributed by atoms with Gasteiger partial charge in [0.25, 0.3) is 0 Å². The molecule has 0 amide bonds. The lowest BCUT2D eigenvalue weighted by molar-refractivity contribution is 0.0600. The van der Waals surface area contributed by atoms with Gasteiger partial charge in [0, 0.05) is 10.2 Å². The Labute approximate surface area is 90.8 Å². The maximum absolute atomic E-state index is 11.1. The summed E-state index contributed by atoms with van der Waals surface area (Å²) in [5.74, 6) is -0.394. The number of esters is 1. The van der Waals surface area contributed by atoms with Crippen molar-refractivity contribution in [1.29, 1.82) is 0 Å². The number of methoxy groups -OCH3 is 1. The molecule has 1 rings (SSSR count). The van der Waals surface area contributed by atoms with E-state index in [1.54, 1.807) is 18.2 Å². The Hall–Kier alpha value is -0.740. The minimum atomic E-state index is -0.394. The van der Waals surface area contributed by atoms with E-state index in [0.717, 1.165) is 0 Å². The summed E-state index contributed by atoms with van der Waals surface area (Å²) < 4.78 is 5.23. The predicted octanol–water partition coefficient (Wildman–Crippen LogP) is 2.24. The Balaban J connectivity index is 0.00000144. The standard InChI is InChI=1S/C8H8BrNO2.ClH/c1-12-8(11)6-4-5(10)2-3-7(6)9;/h2-4H,10H2,1H3;1H. The molecule has 13 heavy (non-hydrogen) atoms. The summed E-state index contributed by atoms with van der Waals surface area (Å²) in [5.41, 5.74) is 6.47. The third-order valence-electron chi connectivity index (χ3n) is 1.40. The van der Waals surface area contributed by atoms with Crippen molar-refractivity contribution in [3.8, 4) is 0 Å². The molecule has 0 aliphatic heterocycles. The summed E-state index contributed by atoms with van der Waals surface area (Å²) in [6.07, 6.45) is 0. The van der Waals surface area contributed by atoms with Crippen LogP contribution in [0, 0.1) is 0 Å². The lowest BCUT2D eigenvalue weighted by atomic mass is 10.2. The zero-order valence-corrected chi connectivity index (χ0v) is 9.31. The molecule has 3 nitrogen and oxygen atoms in total. The number of benzene rings is 1. The molecule has 0 saturated carbocycles. The van der Waals surface area contributed by atoms with Gasteiger partial charge in [-0.25, -0.2) is 4.79 Å². The molecule has 1 aromatic carbocycles. The van der Waals surface area contributed by atoms with Crippen LogP contribution in [0.5, 0.6) is 0 Å². The second-order valence-electron chi connectivity index (χ2n) is 2.23. The minimum absolute atomic E-state index is 0. The number of ether oxygens (including phenoxy) is 1. The molecule has 0 fully saturated rings. The molecule has 2 N–H and O–H groups in total. The van der Waals surface area contributed by atoms with Gasteiger partial charge in [0.05, 0.1) is 12.7 Å². The van der Waals surface area contributed by atoms with Gasteiger partial charge >= 0.3 is 5.97 Å². The zero-order valence-electron chi connectivity index (χ0n) is 6.91. The van der Waals surface area contributed by atoms with Crippen LogP contribution in [0.2, 0.25) is 0 Å². The van der Waals surface area contributed by atoms with E-state index in [1.165, 1.54) is 7.11 Å². The molecule has 0 atom stereocenters. The largest absolute Gasteiger partial charge is 0.465 e. The third kappa shape index (κ3) is 2.90. The highest BCUT2D eigenvalue weighted by atomic mass is 79.9. The van der Waals surface area contributed by atoms with E-state index in [0.29, 0.717) is 15.7 Å². The van der Waals surface area contributed by atoms with E-state index in [1.807, 2.05) is 0 Å². The Morgan fingerprint density at radius 1 is 1.54 bits per heavy atom. The van der Waals surface area contributed by atoms with Crippen molar-refractivity contribution < 1.29 is 9.53 Å². The second-order valence-corrected chi connectivity index (χ2v) is 3.09. The van der Waals surface area contributed by atoms with Crippen molar-refractivity contribution >= 4 is 40.0 Å². The van der Waals surface area contributed by atoms with Gasteiger partial charge in [-0.05, 0) is 34.1 Å². The number of anilines is 1. The quantitative estimate of drug-likeness (QED) is 0.626. The Bertz CT molecular complexity index is 317. The Kier molecular flexibility index (Phi) is 4.80. The number of carbonyl (C=O) groups excluding carboxylic acids is 1. The summed E-state index contributed by atoms with van der Waals surface area (Å²) in [4.78, 5) is 11.1. The highest BCUT2D eigenvalue weighted by Gasteiger charge is 2.09. The van der Waals surface area contributed by atoms with Crippen LogP contribution in [0.4, 0.5) is 5.69 Å². The predicted molar refractivity (Wildman–Crippen MR) is 57.1 cm³/mol. The number of hydrogen-bond donors (Lipinski definition) is 1. The summed E-state index contributed by atoms with van der Waals surface area (Å²) in [7, 11) is 1.33. The highest BCUT2D eigenvalue weighted by molar-refractivity contribution is 9.10. The third-order valence-corrected chi connectivity index (χ3v) is 2.09. The lowest BCUT2D eigenvalue weighted by Gasteiger charge is -2.02. The van der Waals surface area contributed by atoms with Gasteiger partial charge < -0.3 is 10.5 Å². The minimum Gasteiger partial charge on any atom is -0.465 e. The van der Waals surface area contributed by atoms with Crippen LogP contribution in [-0.4, -0.2) is 13.1 Å². The molecule has 0 bridgehead atoms. The Morgan fingerprint density at radius 3 is 2.69 bits per heavy atom. The molecule has 0 saturated heterocycles. The number of hydrogen-bond acceptors (Lipinski definition) is 3. The topological polar surface area (TPSA) is 52.3 Å². The van der Waals surface area contributed by atoms with Gasteiger partial charge in [0.15, 0.2) is 0 Å². The van der Waals surface area contributed by atoms with Crippen molar-refractivity contribution in [1.82, 2.24) is 0 Å². The highest BCUT2D eigenvalue weighted by Crippen LogP contribution is 2.19. The van der Waals surface area contributed by atoms with Crippen molar-refractivity contribution in [2.75, 3.05) is 12.8 Å². The van der Waals surface area contributed by atoms with Gasteiger partial charge in [0.1, 0.15) is 0 Å². The van der Waals surface area contributed by atoms with Crippen LogP contribution in [0.1, 0.15) is 10.4 Å². The van der Waals surface area contributed by atoms with Gasteiger partial charge in [-0.3, -0.25) is 0 Å². The fourth-order valence-corrected chi connectivity index (χ4v) is 1.22. The van der Waals surface area contributed by atoms with Crippen molar-refractivity contribution in [2.45, 2.75) is 0 Å². The second kappa shape index (κ2) is 5.09. The molecule has 0 aliphatic rings. The maximum Gasteiger partial charge on any atom is 0.339 e. The fraction of sp³-hybridized carbons (Fsp3) is 0.125. The summed E-state index contributed by atoms with van der Waals surface area (Å²) >= 11 is 3.22. The van der Waals surface area contributed by atoms with E-state index in [9.17, 15) is 4.79 Å². The molecule has 0 heterocycles. The van der Waals surface area contributed by atoms with Gasteiger partial charge in [-0.1, -0.05) is 0 Å². The molecule has 5 heteroatoms. The van der Waals surface area contributed by atoms with Crippen LogP contribution in [0.3, 0.4) is 0 Å². The van der Waals surface area contributed by atoms with E-state index < -0.39 is 5.97 Å². The van der Waals surface area contributed by atoms with Gasteiger partial charge in [0.2, 0.25) is 0 Å². The monoisotopic (exact) mass is 265 g/mol. The van der Waals surface area contributed by atoms with Crippen molar-refractivity contribution in [3.05, 3.63) is 28.2 Å².